The molecule has 0 heterocycles. The molecule has 5 nitrogen and oxygen atoms in total. The molecular weight excluding hydrogens is 471 g/mol. The van der Waals surface area contributed by atoms with Crippen LogP contribution in [-0.2, 0) is 31.0 Å². The first kappa shape index (κ1) is 28.4. The second-order valence-electron chi connectivity index (χ2n) is 9.63. The van der Waals surface area contributed by atoms with Gasteiger partial charge in [0.15, 0.2) is 0 Å². The van der Waals surface area contributed by atoms with E-state index in [1.165, 1.54) is 0 Å². The van der Waals surface area contributed by atoms with Gasteiger partial charge in [0.05, 0.1) is 0 Å². The Hall–Kier alpha value is -0.650. The third-order valence-electron chi connectivity index (χ3n) is 4.57. The van der Waals surface area contributed by atoms with Crippen LogP contribution in [0.3, 0.4) is 0 Å². The van der Waals surface area contributed by atoms with E-state index >= 15 is 0 Å². The second kappa shape index (κ2) is 13.2. The van der Waals surface area contributed by atoms with Gasteiger partial charge in [-0.15, -0.1) is 0 Å². The number of carbonyl (C=O) groups is 1. The van der Waals surface area contributed by atoms with E-state index in [2.05, 4.69) is 53.9 Å². The summed E-state index contributed by atoms with van der Waals surface area (Å²) in [6.45, 7) is 17.4. The number of hydrogen-bond acceptors (Lipinski definition) is 5. The Balaban J connectivity index is 2.51. The molecule has 0 bridgehead atoms. The van der Waals surface area contributed by atoms with Crippen molar-refractivity contribution >= 4 is 27.1 Å². The van der Waals surface area contributed by atoms with E-state index in [1.807, 2.05) is 6.07 Å². The molecule has 0 atom stereocenters. The van der Waals surface area contributed by atoms with E-state index in [-0.39, 0.29) is 18.2 Å². The molecule has 1 aromatic carbocycles. The Bertz CT molecular complexity index is 720. The van der Waals surface area contributed by atoms with Crippen LogP contribution in [0.5, 0.6) is 0 Å². The molecule has 0 N–H and O–H groups in total. The van der Waals surface area contributed by atoms with Crippen molar-refractivity contribution < 1.29 is 35.8 Å². The van der Waals surface area contributed by atoms with Crippen molar-refractivity contribution in [3.05, 3.63) is 29.8 Å². The summed E-state index contributed by atoms with van der Waals surface area (Å²) in [5.74, 6) is -0.354. The molecule has 0 aliphatic heterocycles. The molecule has 1 aromatic rings. The number of hydrogen-bond donors (Lipinski definition) is 0. The van der Waals surface area contributed by atoms with Crippen LogP contribution in [-0.4, -0.2) is 41.4 Å². The average molecular weight is 514 g/mol. The zero-order valence-electron chi connectivity index (χ0n) is 20.6. The molecule has 8 heteroatoms. The third-order valence-corrected chi connectivity index (χ3v) is 11.7. The number of carbonyl (C=O) groups excluding carboxylic acids is 1. The SMILES string of the molecule is CC(C)O[Si](C)(C)CCCOC(=O)c1ccc[c]([Co](=[O])[CH2]CC[Si](C)(C)OC(C)C)c1. The van der Waals surface area contributed by atoms with Crippen LogP contribution in [0.1, 0.15) is 50.9 Å². The molecule has 0 amide bonds. The second-order valence-corrected chi connectivity index (χ2v) is 20.1. The average Bonchev–Trinajstić information content (AvgIpc) is 2.62. The van der Waals surface area contributed by atoms with Gasteiger partial charge >= 0.3 is 196 Å². The molecule has 0 saturated heterocycles. The summed E-state index contributed by atoms with van der Waals surface area (Å²) in [6.07, 6.45) is 2.12. The van der Waals surface area contributed by atoms with Gasteiger partial charge in [-0.2, -0.15) is 0 Å². The maximum absolute atomic E-state index is 12.7. The predicted octanol–water partition coefficient (Wildman–Crippen LogP) is 5.89. The van der Waals surface area contributed by atoms with Crippen molar-refractivity contribution in [3.63, 3.8) is 0 Å². The third kappa shape index (κ3) is 12.2. The van der Waals surface area contributed by atoms with Crippen LogP contribution < -0.4 is 4.50 Å². The summed E-state index contributed by atoms with van der Waals surface area (Å²) in [5, 5.41) is 0.610. The van der Waals surface area contributed by atoms with Crippen molar-refractivity contribution in [3.8, 4) is 0 Å². The van der Waals surface area contributed by atoms with Gasteiger partial charge in [0, 0.05) is 0 Å². The van der Waals surface area contributed by atoms with E-state index in [0.717, 1.165) is 24.9 Å². The molecular formula is C23H42CoO5Si2. The number of ether oxygens (including phenoxy) is 1. The van der Waals surface area contributed by atoms with Gasteiger partial charge in [-0.25, -0.2) is 0 Å². The molecule has 0 radical (unpaired) electrons. The van der Waals surface area contributed by atoms with Gasteiger partial charge in [0.25, 0.3) is 0 Å². The minimum absolute atomic E-state index is 0.227. The molecule has 31 heavy (non-hydrogen) atoms. The van der Waals surface area contributed by atoms with Crippen LogP contribution in [0.2, 0.25) is 43.6 Å². The molecule has 0 aromatic heterocycles. The zero-order chi connectivity index (χ0) is 23.7. The van der Waals surface area contributed by atoms with Crippen LogP contribution >= 0.6 is 0 Å². The van der Waals surface area contributed by atoms with Crippen molar-refractivity contribution in [2.75, 3.05) is 6.61 Å². The Kier molecular flexibility index (Phi) is 12.0. The molecule has 1 rings (SSSR count). The van der Waals surface area contributed by atoms with Crippen LogP contribution in [0, 0.1) is 0 Å². The molecule has 0 fully saturated rings. The van der Waals surface area contributed by atoms with Crippen LogP contribution in [0.15, 0.2) is 24.3 Å². The normalized spacial score (nSPS) is 13.0. The van der Waals surface area contributed by atoms with E-state index < -0.39 is 30.2 Å². The van der Waals surface area contributed by atoms with Gasteiger partial charge in [-0.3, -0.25) is 0 Å². The quantitative estimate of drug-likeness (QED) is 0.176. The van der Waals surface area contributed by atoms with E-state index in [4.69, 9.17) is 13.6 Å². The number of rotatable bonds is 14. The van der Waals surface area contributed by atoms with Crippen molar-refractivity contribution in [1.82, 2.24) is 0 Å². The van der Waals surface area contributed by atoms with E-state index in [0.29, 0.717) is 22.0 Å². The molecule has 0 spiro atoms. The summed E-state index contributed by atoms with van der Waals surface area (Å²) in [6, 6.07) is 8.98. The summed E-state index contributed by atoms with van der Waals surface area (Å²) >= 11 is -1.51. The van der Waals surface area contributed by atoms with Gasteiger partial charge in [-0.1, -0.05) is 0 Å². The fourth-order valence-corrected chi connectivity index (χ4v) is 10.1. The topological polar surface area (TPSA) is 61.8 Å². The fraction of sp³-hybridized carbons (Fsp3) is 0.696. The van der Waals surface area contributed by atoms with E-state index in [1.54, 1.807) is 18.2 Å². The molecule has 0 saturated carbocycles. The Morgan fingerprint density at radius 1 is 0.935 bits per heavy atom. The summed E-state index contributed by atoms with van der Waals surface area (Å²) < 4.78 is 30.9. The van der Waals surface area contributed by atoms with Crippen LogP contribution in [0.4, 0.5) is 0 Å². The van der Waals surface area contributed by atoms with E-state index in [9.17, 15) is 8.66 Å². The summed E-state index contributed by atoms with van der Waals surface area (Å²) in [7, 11) is -3.43. The molecule has 0 aliphatic rings. The predicted molar refractivity (Wildman–Crippen MR) is 128 cm³/mol. The first-order chi connectivity index (χ1) is 14.3. The zero-order valence-corrected chi connectivity index (χ0v) is 23.6. The van der Waals surface area contributed by atoms with Gasteiger partial charge in [-0.05, 0) is 0 Å². The Morgan fingerprint density at radius 2 is 1.48 bits per heavy atom. The summed E-state index contributed by atoms with van der Waals surface area (Å²) in [4.78, 5) is 12.4. The molecule has 0 unspecified atom stereocenters. The van der Waals surface area contributed by atoms with Crippen molar-refractivity contribution in [2.45, 2.75) is 96.4 Å². The van der Waals surface area contributed by atoms with Gasteiger partial charge < -0.3 is 0 Å². The molecule has 181 valence electrons. The van der Waals surface area contributed by atoms with Gasteiger partial charge in [0.2, 0.25) is 0 Å². The maximum atomic E-state index is 12.7. The first-order valence-electron chi connectivity index (χ1n) is 11.2. The number of esters is 1. The standard InChI is InChI=1S/C15H23O3Si.C8H19OSi.Co.O/c1-13(2)18-19(3,4)12-8-11-17-15(16)14-9-6-5-7-10-14;1-6-7-10(4,5)9-8(2)3;;/h5-6,9-10,13H,8,11-12H2,1-4H3;8H,1,6-7H2,2-5H3;;. The van der Waals surface area contributed by atoms with Crippen LogP contribution in [0.25, 0.3) is 0 Å². The Labute approximate surface area is 195 Å². The summed E-state index contributed by atoms with van der Waals surface area (Å²) in [5.41, 5.74) is 0.466. The molecule has 0 aliphatic carbocycles. The Morgan fingerprint density at radius 3 is 2.03 bits per heavy atom. The van der Waals surface area contributed by atoms with Crippen molar-refractivity contribution in [1.29, 1.82) is 0 Å². The monoisotopic (exact) mass is 513 g/mol. The van der Waals surface area contributed by atoms with Crippen molar-refractivity contribution in [2.24, 2.45) is 0 Å². The fourth-order valence-electron chi connectivity index (χ4n) is 3.55. The van der Waals surface area contributed by atoms with Gasteiger partial charge in [0.1, 0.15) is 0 Å². The minimum atomic E-state index is -1.71. The number of benzene rings is 1. The first-order valence-corrected chi connectivity index (χ1v) is 19.1.